The SMILES string of the molecule is CCOC(=O)Nc1ccc(C(=O)Nc2ccccc2CN(C)C2CCCCC2)cc1. The number of anilines is 2. The molecule has 0 atom stereocenters. The minimum absolute atomic E-state index is 0.176. The van der Waals surface area contributed by atoms with Gasteiger partial charge in [-0.15, -0.1) is 0 Å². The van der Waals surface area contributed by atoms with Crippen molar-refractivity contribution in [2.45, 2.75) is 51.6 Å². The van der Waals surface area contributed by atoms with Gasteiger partial charge < -0.3 is 10.1 Å². The highest BCUT2D eigenvalue weighted by Crippen LogP contribution is 2.25. The zero-order chi connectivity index (χ0) is 21.3. The molecule has 2 aromatic rings. The summed E-state index contributed by atoms with van der Waals surface area (Å²) in [5.74, 6) is -0.176. The molecule has 160 valence electrons. The molecular formula is C24H31N3O3. The van der Waals surface area contributed by atoms with E-state index in [4.69, 9.17) is 4.74 Å². The van der Waals surface area contributed by atoms with Crippen LogP contribution < -0.4 is 10.6 Å². The van der Waals surface area contributed by atoms with E-state index in [1.165, 1.54) is 32.1 Å². The molecule has 1 saturated carbocycles. The van der Waals surface area contributed by atoms with Gasteiger partial charge >= 0.3 is 6.09 Å². The Labute approximate surface area is 178 Å². The fraction of sp³-hybridized carbons (Fsp3) is 0.417. The van der Waals surface area contributed by atoms with Crippen molar-refractivity contribution in [1.29, 1.82) is 0 Å². The molecule has 0 aliphatic heterocycles. The van der Waals surface area contributed by atoms with Crippen LogP contribution in [0.4, 0.5) is 16.2 Å². The number of para-hydroxylation sites is 1. The highest BCUT2D eigenvalue weighted by atomic mass is 16.5. The number of hydrogen-bond donors (Lipinski definition) is 2. The van der Waals surface area contributed by atoms with Crippen LogP contribution in [-0.4, -0.2) is 36.6 Å². The first kappa shape index (κ1) is 21.8. The first-order chi connectivity index (χ1) is 14.6. The minimum Gasteiger partial charge on any atom is -0.450 e. The lowest BCUT2D eigenvalue weighted by Gasteiger charge is -2.31. The topological polar surface area (TPSA) is 70.7 Å². The largest absolute Gasteiger partial charge is 0.450 e. The van der Waals surface area contributed by atoms with Gasteiger partial charge in [-0.05, 0) is 62.7 Å². The predicted molar refractivity (Wildman–Crippen MR) is 120 cm³/mol. The van der Waals surface area contributed by atoms with Gasteiger partial charge in [-0.3, -0.25) is 15.0 Å². The van der Waals surface area contributed by atoms with E-state index in [9.17, 15) is 9.59 Å². The molecule has 2 aromatic carbocycles. The maximum atomic E-state index is 12.8. The van der Waals surface area contributed by atoms with Crippen molar-refractivity contribution in [3.63, 3.8) is 0 Å². The van der Waals surface area contributed by atoms with Crippen LogP contribution in [0.5, 0.6) is 0 Å². The molecule has 30 heavy (non-hydrogen) atoms. The standard InChI is InChI=1S/C24H31N3O3/c1-3-30-24(29)25-20-15-13-18(14-16-20)23(28)26-22-12-8-7-9-19(22)17-27(2)21-10-5-4-6-11-21/h7-9,12-16,21H,3-6,10-11,17H2,1-2H3,(H,25,29)(H,26,28). The normalized spacial score (nSPS) is 14.4. The Kier molecular flexibility index (Phi) is 7.85. The van der Waals surface area contributed by atoms with Crippen LogP contribution in [0.1, 0.15) is 54.9 Å². The lowest BCUT2D eigenvalue weighted by molar-refractivity contribution is 0.102. The van der Waals surface area contributed by atoms with E-state index in [0.29, 0.717) is 23.9 Å². The van der Waals surface area contributed by atoms with Gasteiger partial charge in [0.25, 0.3) is 5.91 Å². The Morgan fingerprint density at radius 1 is 1.00 bits per heavy atom. The highest BCUT2D eigenvalue weighted by molar-refractivity contribution is 6.05. The zero-order valence-corrected chi connectivity index (χ0v) is 17.8. The van der Waals surface area contributed by atoms with Gasteiger partial charge in [0.15, 0.2) is 0 Å². The summed E-state index contributed by atoms with van der Waals surface area (Å²) in [6.45, 7) is 2.86. The molecule has 1 aliphatic carbocycles. The first-order valence-corrected chi connectivity index (χ1v) is 10.7. The van der Waals surface area contributed by atoms with E-state index in [0.717, 1.165) is 17.8 Å². The number of ether oxygens (including phenoxy) is 1. The number of amides is 2. The van der Waals surface area contributed by atoms with E-state index in [2.05, 4.69) is 28.6 Å². The van der Waals surface area contributed by atoms with E-state index >= 15 is 0 Å². The zero-order valence-electron chi connectivity index (χ0n) is 17.8. The van der Waals surface area contributed by atoms with Crippen LogP contribution in [0.3, 0.4) is 0 Å². The molecule has 3 rings (SSSR count). The van der Waals surface area contributed by atoms with Gasteiger partial charge in [-0.25, -0.2) is 4.79 Å². The monoisotopic (exact) mass is 409 g/mol. The fourth-order valence-corrected chi connectivity index (χ4v) is 3.88. The van der Waals surface area contributed by atoms with E-state index < -0.39 is 6.09 Å². The molecule has 6 heteroatoms. The molecule has 1 fully saturated rings. The number of rotatable bonds is 7. The Morgan fingerprint density at radius 2 is 1.70 bits per heavy atom. The number of carbonyl (C=O) groups excluding carboxylic acids is 2. The molecule has 0 bridgehead atoms. The molecule has 2 amide bonds. The Morgan fingerprint density at radius 3 is 2.40 bits per heavy atom. The molecule has 2 N–H and O–H groups in total. The van der Waals surface area contributed by atoms with Crippen molar-refractivity contribution in [2.24, 2.45) is 0 Å². The van der Waals surface area contributed by atoms with E-state index in [-0.39, 0.29) is 5.91 Å². The third-order valence-electron chi connectivity index (χ3n) is 5.55. The summed E-state index contributed by atoms with van der Waals surface area (Å²) in [4.78, 5) is 26.7. The fourth-order valence-electron chi connectivity index (χ4n) is 3.88. The van der Waals surface area contributed by atoms with Gasteiger partial charge in [0.1, 0.15) is 0 Å². The third kappa shape index (κ3) is 6.07. The second kappa shape index (κ2) is 10.8. The van der Waals surface area contributed by atoms with Crippen LogP contribution in [0.25, 0.3) is 0 Å². The second-order valence-corrected chi connectivity index (χ2v) is 7.74. The second-order valence-electron chi connectivity index (χ2n) is 7.74. The summed E-state index contributed by atoms with van der Waals surface area (Å²) in [6, 6.07) is 15.3. The van der Waals surface area contributed by atoms with Gasteiger partial charge in [0.2, 0.25) is 0 Å². The Hall–Kier alpha value is -2.86. The molecule has 0 spiro atoms. The quantitative estimate of drug-likeness (QED) is 0.653. The van der Waals surface area contributed by atoms with Crippen LogP contribution in [0.2, 0.25) is 0 Å². The van der Waals surface area contributed by atoms with E-state index in [1.54, 1.807) is 31.2 Å². The molecule has 0 radical (unpaired) electrons. The number of benzene rings is 2. The van der Waals surface area contributed by atoms with Gasteiger partial charge in [-0.1, -0.05) is 37.5 Å². The first-order valence-electron chi connectivity index (χ1n) is 10.7. The van der Waals surface area contributed by atoms with Crippen molar-refractivity contribution < 1.29 is 14.3 Å². The van der Waals surface area contributed by atoms with Gasteiger partial charge in [-0.2, -0.15) is 0 Å². The van der Waals surface area contributed by atoms with Crippen molar-refractivity contribution in [3.05, 3.63) is 59.7 Å². The summed E-state index contributed by atoms with van der Waals surface area (Å²) in [6.07, 6.45) is 5.92. The van der Waals surface area contributed by atoms with Crippen LogP contribution in [0.15, 0.2) is 48.5 Å². The molecule has 0 unspecified atom stereocenters. The number of hydrogen-bond acceptors (Lipinski definition) is 4. The summed E-state index contributed by atoms with van der Waals surface area (Å²) in [5, 5.41) is 5.66. The molecular weight excluding hydrogens is 378 g/mol. The molecule has 1 aliphatic rings. The lowest BCUT2D eigenvalue weighted by atomic mass is 9.94. The highest BCUT2D eigenvalue weighted by Gasteiger charge is 2.19. The van der Waals surface area contributed by atoms with Crippen molar-refractivity contribution in [3.8, 4) is 0 Å². The summed E-state index contributed by atoms with van der Waals surface area (Å²) in [5.41, 5.74) is 3.05. The maximum Gasteiger partial charge on any atom is 0.411 e. The van der Waals surface area contributed by atoms with Crippen LogP contribution in [-0.2, 0) is 11.3 Å². The van der Waals surface area contributed by atoms with Crippen LogP contribution >= 0.6 is 0 Å². The average Bonchev–Trinajstić information content (AvgIpc) is 2.76. The summed E-state index contributed by atoms with van der Waals surface area (Å²) < 4.78 is 4.86. The molecule has 0 aromatic heterocycles. The van der Waals surface area contributed by atoms with Crippen LogP contribution in [0, 0.1) is 0 Å². The molecule has 6 nitrogen and oxygen atoms in total. The number of nitrogens with zero attached hydrogens (tertiary/aromatic N) is 1. The maximum absolute atomic E-state index is 12.8. The molecule has 0 heterocycles. The van der Waals surface area contributed by atoms with Gasteiger partial charge in [0.05, 0.1) is 6.61 Å². The van der Waals surface area contributed by atoms with Gasteiger partial charge in [0, 0.05) is 29.5 Å². The Bertz CT molecular complexity index is 845. The average molecular weight is 410 g/mol. The summed E-state index contributed by atoms with van der Waals surface area (Å²) in [7, 11) is 2.17. The van der Waals surface area contributed by atoms with Crippen molar-refractivity contribution in [2.75, 3.05) is 24.3 Å². The van der Waals surface area contributed by atoms with Crippen molar-refractivity contribution >= 4 is 23.4 Å². The molecule has 0 saturated heterocycles. The number of carbonyl (C=O) groups is 2. The Balaban J connectivity index is 1.63. The predicted octanol–water partition coefficient (Wildman–Crippen LogP) is 5.27. The van der Waals surface area contributed by atoms with Crippen molar-refractivity contribution in [1.82, 2.24) is 4.90 Å². The summed E-state index contributed by atoms with van der Waals surface area (Å²) >= 11 is 0. The minimum atomic E-state index is -0.509. The number of nitrogens with one attached hydrogen (secondary N) is 2. The van der Waals surface area contributed by atoms with E-state index in [1.807, 2.05) is 18.2 Å². The smallest absolute Gasteiger partial charge is 0.411 e. The third-order valence-corrected chi connectivity index (χ3v) is 5.55. The lowest BCUT2D eigenvalue weighted by Crippen LogP contribution is -2.33.